The molecule has 0 saturated carbocycles. The molecule has 0 N–H and O–H groups in total. The minimum Gasteiger partial charge on any atom is -0.474 e. The van der Waals surface area contributed by atoms with Crippen LogP contribution in [0, 0.1) is 0 Å². The molecule has 136 valence electrons. The zero-order valence-electron chi connectivity index (χ0n) is 13.7. The van der Waals surface area contributed by atoms with E-state index in [0.29, 0.717) is 37.5 Å². The minimum absolute atomic E-state index is 0.0164. The lowest BCUT2D eigenvalue weighted by Gasteiger charge is -2.33. The average molecular weight is 363 g/mol. The van der Waals surface area contributed by atoms with Crippen LogP contribution in [0.3, 0.4) is 0 Å². The second-order valence-electron chi connectivity index (χ2n) is 6.08. The summed E-state index contributed by atoms with van der Waals surface area (Å²) in [6, 6.07) is 5.87. The molecule has 0 radical (unpaired) electrons. The number of pyridine rings is 1. The summed E-state index contributed by atoms with van der Waals surface area (Å²) in [6.45, 7) is 0.888. The van der Waals surface area contributed by atoms with Crippen molar-refractivity contribution in [1.29, 1.82) is 0 Å². The molecule has 0 unspecified atom stereocenters. The van der Waals surface area contributed by atoms with Gasteiger partial charge < -0.3 is 9.64 Å². The van der Waals surface area contributed by atoms with E-state index >= 15 is 0 Å². The minimum atomic E-state index is -4.42. The Bertz CT molecular complexity index is 903. The fourth-order valence-corrected chi connectivity index (χ4v) is 3.09. The highest BCUT2D eigenvalue weighted by molar-refractivity contribution is 5.48. The van der Waals surface area contributed by atoms with Gasteiger partial charge in [0, 0.05) is 50.5 Å². The largest absolute Gasteiger partial charge is 0.474 e. The molecule has 0 atom stereocenters. The summed E-state index contributed by atoms with van der Waals surface area (Å²) in [7, 11) is 0. The van der Waals surface area contributed by atoms with Gasteiger partial charge in [-0.1, -0.05) is 0 Å². The Labute approximate surface area is 147 Å². The number of halogens is 3. The molecule has 3 aromatic rings. The molecular weight excluding hydrogens is 347 g/mol. The average Bonchev–Trinajstić information content (AvgIpc) is 3.09. The van der Waals surface area contributed by atoms with Gasteiger partial charge in [0.25, 0.3) is 0 Å². The molecule has 1 aliphatic rings. The van der Waals surface area contributed by atoms with Crippen molar-refractivity contribution >= 4 is 11.5 Å². The van der Waals surface area contributed by atoms with Gasteiger partial charge in [0.1, 0.15) is 11.9 Å². The molecular formula is C17H16F3N5O. The van der Waals surface area contributed by atoms with E-state index in [1.807, 2.05) is 0 Å². The van der Waals surface area contributed by atoms with Gasteiger partial charge in [-0.15, -0.1) is 0 Å². The highest BCUT2D eigenvalue weighted by Crippen LogP contribution is 2.36. The Morgan fingerprint density at radius 1 is 1.08 bits per heavy atom. The van der Waals surface area contributed by atoms with Crippen LogP contribution in [0.25, 0.3) is 5.65 Å². The lowest BCUT2D eigenvalue weighted by molar-refractivity contribution is -0.137. The van der Waals surface area contributed by atoms with Crippen LogP contribution in [-0.2, 0) is 6.18 Å². The number of nitrogens with zero attached hydrogens (tertiary/aromatic N) is 5. The van der Waals surface area contributed by atoms with E-state index in [1.165, 1.54) is 12.3 Å². The number of rotatable bonds is 3. The van der Waals surface area contributed by atoms with Gasteiger partial charge in [0.15, 0.2) is 5.65 Å². The smallest absolute Gasteiger partial charge is 0.419 e. The first-order valence-electron chi connectivity index (χ1n) is 8.25. The van der Waals surface area contributed by atoms with Crippen molar-refractivity contribution in [1.82, 2.24) is 19.6 Å². The lowest BCUT2D eigenvalue weighted by atomic mass is 10.1. The van der Waals surface area contributed by atoms with Crippen LogP contribution in [0.1, 0.15) is 18.4 Å². The molecule has 0 aliphatic carbocycles. The number of alkyl halides is 3. The molecule has 1 saturated heterocycles. The fourth-order valence-electron chi connectivity index (χ4n) is 3.09. The number of hydrogen-bond acceptors (Lipinski definition) is 5. The third-order valence-electron chi connectivity index (χ3n) is 4.35. The van der Waals surface area contributed by atoms with Crippen LogP contribution in [0.15, 0.2) is 42.9 Å². The summed E-state index contributed by atoms with van der Waals surface area (Å²) in [5.74, 6) is 0.475. The summed E-state index contributed by atoms with van der Waals surface area (Å²) in [6.07, 6.45) is 1.48. The van der Waals surface area contributed by atoms with E-state index in [-0.39, 0.29) is 11.9 Å². The topological polar surface area (TPSA) is 55.6 Å². The summed E-state index contributed by atoms with van der Waals surface area (Å²) >= 11 is 0. The zero-order valence-corrected chi connectivity index (χ0v) is 13.7. The first-order valence-corrected chi connectivity index (χ1v) is 8.25. The normalized spacial score (nSPS) is 16.2. The van der Waals surface area contributed by atoms with Crippen LogP contribution in [-0.4, -0.2) is 38.8 Å². The van der Waals surface area contributed by atoms with Crippen molar-refractivity contribution in [2.75, 3.05) is 18.0 Å². The van der Waals surface area contributed by atoms with Gasteiger partial charge in [-0.05, 0) is 12.1 Å². The molecule has 1 fully saturated rings. The van der Waals surface area contributed by atoms with Crippen molar-refractivity contribution in [3.8, 4) is 5.88 Å². The first-order chi connectivity index (χ1) is 12.5. The maximum atomic E-state index is 13.2. The Morgan fingerprint density at radius 2 is 1.88 bits per heavy atom. The number of fused-ring (bicyclic) bond motifs is 1. The third-order valence-corrected chi connectivity index (χ3v) is 4.35. The molecule has 26 heavy (non-hydrogen) atoms. The Hall–Kier alpha value is -2.84. The monoisotopic (exact) mass is 363 g/mol. The molecule has 3 aromatic heterocycles. The van der Waals surface area contributed by atoms with Crippen molar-refractivity contribution in [2.24, 2.45) is 0 Å². The SMILES string of the molecule is FC(F)(F)c1cccnc1N1CCC(Oc2ccn3nccc3n2)CC1. The molecule has 0 bridgehead atoms. The van der Waals surface area contributed by atoms with Gasteiger partial charge in [-0.25, -0.2) is 9.50 Å². The standard InChI is InChI=1S/C17H16F3N5O/c18-17(19,20)13-2-1-7-21-16(13)24-9-4-12(5-10-24)26-15-6-11-25-14(23-15)3-8-22-25/h1-3,6-8,11-12H,4-5,9-10H2. The summed E-state index contributed by atoms with van der Waals surface area (Å²) in [5, 5.41) is 4.07. The predicted molar refractivity (Wildman–Crippen MR) is 88.1 cm³/mol. The molecule has 0 amide bonds. The molecule has 4 heterocycles. The van der Waals surface area contributed by atoms with Crippen LogP contribution in [0.4, 0.5) is 19.0 Å². The Kier molecular flexibility index (Phi) is 4.14. The number of ether oxygens (including phenoxy) is 1. The number of aromatic nitrogens is 4. The van der Waals surface area contributed by atoms with Crippen LogP contribution >= 0.6 is 0 Å². The molecule has 0 spiro atoms. The molecule has 4 rings (SSSR count). The van der Waals surface area contributed by atoms with E-state index in [4.69, 9.17) is 4.74 Å². The van der Waals surface area contributed by atoms with Gasteiger partial charge >= 0.3 is 6.18 Å². The van der Waals surface area contributed by atoms with E-state index in [0.717, 1.165) is 6.07 Å². The van der Waals surface area contributed by atoms with Crippen LogP contribution in [0.5, 0.6) is 5.88 Å². The maximum absolute atomic E-state index is 13.2. The summed E-state index contributed by atoms with van der Waals surface area (Å²) in [5.41, 5.74) is -0.0181. The highest BCUT2D eigenvalue weighted by Gasteiger charge is 2.36. The van der Waals surface area contributed by atoms with Crippen molar-refractivity contribution in [2.45, 2.75) is 25.1 Å². The van der Waals surface area contributed by atoms with Crippen LogP contribution in [0.2, 0.25) is 0 Å². The first kappa shape index (κ1) is 16.6. The Balaban J connectivity index is 1.43. The maximum Gasteiger partial charge on any atom is 0.419 e. The zero-order chi connectivity index (χ0) is 18.1. The van der Waals surface area contributed by atoms with E-state index in [9.17, 15) is 13.2 Å². The third kappa shape index (κ3) is 3.29. The van der Waals surface area contributed by atoms with E-state index in [1.54, 1.807) is 33.9 Å². The molecule has 1 aliphatic heterocycles. The summed E-state index contributed by atoms with van der Waals surface area (Å²) < 4.78 is 47.0. The molecule has 9 heteroatoms. The van der Waals surface area contributed by atoms with E-state index < -0.39 is 11.7 Å². The second-order valence-corrected chi connectivity index (χ2v) is 6.08. The number of hydrogen-bond donors (Lipinski definition) is 0. The van der Waals surface area contributed by atoms with E-state index in [2.05, 4.69) is 15.1 Å². The van der Waals surface area contributed by atoms with Crippen LogP contribution < -0.4 is 9.64 Å². The van der Waals surface area contributed by atoms with Crippen molar-refractivity contribution < 1.29 is 17.9 Å². The fraction of sp³-hybridized carbons (Fsp3) is 0.353. The molecule has 6 nitrogen and oxygen atoms in total. The lowest BCUT2D eigenvalue weighted by Crippen LogP contribution is -2.39. The Morgan fingerprint density at radius 3 is 2.65 bits per heavy atom. The molecule has 0 aromatic carbocycles. The van der Waals surface area contributed by atoms with Gasteiger partial charge in [0.05, 0.1) is 11.8 Å². The predicted octanol–water partition coefficient (Wildman–Crippen LogP) is 3.19. The van der Waals surface area contributed by atoms with Crippen molar-refractivity contribution in [3.63, 3.8) is 0 Å². The van der Waals surface area contributed by atoms with Gasteiger partial charge in [-0.3, -0.25) is 0 Å². The van der Waals surface area contributed by atoms with Crippen molar-refractivity contribution in [3.05, 3.63) is 48.4 Å². The quantitative estimate of drug-likeness (QED) is 0.715. The highest BCUT2D eigenvalue weighted by atomic mass is 19.4. The number of anilines is 1. The number of piperidine rings is 1. The van der Waals surface area contributed by atoms with Gasteiger partial charge in [0.2, 0.25) is 5.88 Å². The second kappa shape index (κ2) is 6.47. The van der Waals surface area contributed by atoms with Gasteiger partial charge in [-0.2, -0.15) is 23.3 Å². The summed E-state index contributed by atoms with van der Waals surface area (Å²) in [4.78, 5) is 9.97.